The fraction of sp³-hybridized carbons (Fsp3) is 0.684. The summed E-state index contributed by atoms with van der Waals surface area (Å²) in [6, 6.07) is 6.92. The van der Waals surface area contributed by atoms with Crippen LogP contribution in [-0.2, 0) is 14.8 Å². The molecule has 0 spiro atoms. The monoisotopic (exact) mass is 384 g/mol. The normalized spacial score (nSPS) is 30.2. The second kappa shape index (κ2) is 8.78. The average molecular weight is 385 g/mol. The summed E-state index contributed by atoms with van der Waals surface area (Å²) in [5.74, 6) is 0.154. The van der Waals surface area contributed by atoms with Gasteiger partial charge in [0, 0.05) is 12.1 Å². The molecule has 1 aromatic rings. The van der Waals surface area contributed by atoms with Gasteiger partial charge in [0.05, 0.1) is 19.0 Å². The molecule has 1 aliphatic carbocycles. The number of halogens is 1. The van der Waals surface area contributed by atoms with Crippen LogP contribution in [0.4, 0.5) is 4.39 Å². The summed E-state index contributed by atoms with van der Waals surface area (Å²) in [7, 11) is -3.22. The Morgan fingerprint density at radius 2 is 1.92 bits per heavy atom. The van der Waals surface area contributed by atoms with Crippen molar-refractivity contribution in [3.05, 3.63) is 35.6 Å². The quantitative estimate of drug-likeness (QED) is 0.791. The van der Waals surface area contributed by atoms with Gasteiger partial charge in [-0.15, -0.1) is 0 Å². The predicted molar refractivity (Wildman–Crippen MR) is 100 cm³/mol. The molecule has 2 fully saturated rings. The van der Waals surface area contributed by atoms with E-state index in [9.17, 15) is 12.8 Å². The molecule has 26 heavy (non-hydrogen) atoms. The number of benzene rings is 1. The number of sulfonamides is 1. The zero-order valence-electron chi connectivity index (χ0n) is 15.3. The zero-order chi connectivity index (χ0) is 18.6. The van der Waals surface area contributed by atoms with Crippen LogP contribution in [0.5, 0.6) is 0 Å². The Labute approximate surface area is 155 Å². The summed E-state index contributed by atoms with van der Waals surface area (Å²) in [6.07, 6.45) is 6.82. The van der Waals surface area contributed by atoms with Crippen molar-refractivity contribution in [1.29, 1.82) is 0 Å². The van der Waals surface area contributed by atoms with Crippen LogP contribution in [0.2, 0.25) is 0 Å². The third kappa shape index (κ3) is 5.49. The molecule has 3 rings (SSSR count). The van der Waals surface area contributed by atoms with Crippen LogP contribution in [0.3, 0.4) is 0 Å². The largest absolute Gasteiger partial charge is 0.377 e. The number of ether oxygens (including phenoxy) is 1. The van der Waals surface area contributed by atoms with E-state index >= 15 is 0 Å². The number of rotatable bonds is 6. The van der Waals surface area contributed by atoms with Gasteiger partial charge in [0.25, 0.3) is 0 Å². The number of nitrogens with one attached hydrogen (secondary N) is 2. The van der Waals surface area contributed by atoms with Crippen LogP contribution in [0, 0.1) is 5.82 Å². The van der Waals surface area contributed by atoms with Crippen LogP contribution in [0.15, 0.2) is 24.3 Å². The summed E-state index contributed by atoms with van der Waals surface area (Å²) >= 11 is 0. The van der Waals surface area contributed by atoms with Gasteiger partial charge in [-0.3, -0.25) is 0 Å². The number of hydrogen-bond donors (Lipinski definition) is 2. The summed E-state index contributed by atoms with van der Waals surface area (Å²) < 4.78 is 45.8. The third-order valence-electron chi connectivity index (χ3n) is 5.48. The van der Waals surface area contributed by atoms with E-state index in [1.807, 2.05) is 12.1 Å². The molecule has 0 bridgehead atoms. The number of piperidine rings is 1. The molecule has 7 heteroatoms. The Morgan fingerprint density at radius 1 is 1.19 bits per heavy atom. The van der Waals surface area contributed by atoms with Crippen molar-refractivity contribution in [2.24, 2.45) is 0 Å². The lowest BCUT2D eigenvalue weighted by atomic mass is 9.82. The third-order valence-corrected chi connectivity index (χ3v) is 6.21. The van der Waals surface area contributed by atoms with E-state index in [1.165, 1.54) is 12.3 Å². The molecular weight excluding hydrogens is 355 g/mol. The maximum atomic E-state index is 13.9. The Morgan fingerprint density at radius 3 is 2.62 bits per heavy atom. The van der Waals surface area contributed by atoms with Crippen molar-refractivity contribution < 1.29 is 17.5 Å². The van der Waals surface area contributed by atoms with Gasteiger partial charge >= 0.3 is 0 Å². The highest BCUT2D eigenvalue weighted by molar-refractivity contribution is 7.88. The molecule has 1 heterocycles. The minimum Gasteiger partial charge on any atom is -0.377 e. The van der Waals surface area contributed by atoms with Crippen molar-refractivity contribution >= 4 is 10.0 Å². The molecule has 2 N–H and O–H groups in total. The summed E-state index contributed by atoms with van der Waals surface area (Å²) in [5, 5.41) is 3.37. The highest BCUT2D eigenvalue weighted by atomic mass is 32.2. The molecule has 1 aliphatic heterocycles. The lowest BCUT2D eigenvalue weighted by Gasteiger charge is -2.35. The second-order valence-electron chi connectivity index (χ2n) is 7.53. The van der Waals surface area contributed by atoms with Gasteiger partial charge in [-0.05, 0) is 62.6 Å². The SMILES string of the molecule is CS(=O)(=O)N[C@H]1CCCN[C@H]1CO[C@H]1CC[C@@H](c2ccccc2F)CC1. The van der Waals surface area contributed by atoms with E-state index in [0.717, 1.165) is 50.6 Å². The van der Waals surface area contributed by atoms with Gasteiger partial charge in [-0.2, -0.15) is 0 Å². The second-order valence-corrected chi connectivity index (χ2v) is 9.31. The van der Waals surface area contributed by atoms with Gasteiger partial charge in [-0.25, -0.2) is 17.5 Å². The molecule has 5 nitrogen and oxygen atoms in total. The highest BCUT2D eigenvalue weighted by Gasteiger charge is 2.29. The molecule has 0 aromatic heterocycles. The van der Waals surface area contributed by atoms with Crippen molar-refractivity contribution in [3.63, 3.8) is 0 Å². The van der Waals surface area contributed by atoms with E-state index < -0.39 is 10.0 Å². The Bertz CT molecular complexity index is 690. The molecule has 0 amide bonds. The first-order valence-electron chi connectivity index (χ1n) is 9.49. The first kappa shape index (κ1) is 19.7. The molecular formula is C19H29FN2O3S. The fourth-order valence-corrected chi connectivity index (χ4v) is 4.96. The maximum Gasteiger partial charge on any atom is 0.209 e. The van der Waals surface area contributed by atoms with Crippen molar-refractivity contribution in [2.45, 2.75) is 62.6 Å². The van der Waals surface area contributed by atoms with Gasteiger partial charge in [0.1, 0.15) is 5.82 Å². The van der Waals surface area contributed by atoms with Crippen LogP contribution in [0.1, 0.15) is 50.0 Å². The minimum atomic E-state index is -3.22. The van der Waals surface area contributed by atoms with Gasteiger partial charge in [0.15, 0.2) is 0 Å². The summed E-state index contributed by atoms with van der Waals surface area (Å²) in [5.41, 5.74) is 0.817. The van der Waals surface area contributed by atoms with Crippen LogP contribution in [-0.4, -0.2) is 46.0 Å². The Balaban J connectivity index is 1.48. The standard InChI is InChI=1S/C19H29FN2O3S/c1-26(23,24)22-18-7-4-12-21-19(18)13-25-15-10-8-14(9-11-15)16-5-2-3-6-17(16)20/h2-3,5-6,14-15,18-19,21-22H,4,7-13H2,1H3/t14-,15+,18-,19-/m0/s1. The topological polar surface area (TPSA) is 67.4 Å². The zero-order valence-corrected chi connectivity index (χ0v) is 16.1. The summed E-state index contributed by atoms with van der Waals surface area (Å²) in [4.78, 5) is 0. The van der Waals surface area contributed by atoms with Crippen LogP contribution < -0.4 is 10.0 Å². The Kier molecular flexibility index (Phi) is 6.66. The van der Waals surface area contributed by atoms with Gasteiger partial charge < -0.3 is 10.1 Å². The van der Waals surface area contributed by atoms with E-state index in [2.05, 4.69) is 10.0 Å². The molecule has 2 aliphatic rings. The molecule has 0 unspecified atom stereocenters. The first-order valence-corrected chi connectivity index (χ1v) is 11.4. The first-order chi connectivity index (χ1) is 12.4. The van der Waals surface area contributed by atoms with Crippen LogP contribution >= 0.6 is 0 Å². The smallest absolute Gasteiger partial charge is 0.209 e. The molecule has 146 valence electrons. The van der Waals surface area contributed by atoms with Crippen molar-refractivity contribution in [3.8, 4) is 0 Å². The molecule has 2 atom stereocenters. The lowest BCUT2D eigenvalue weighted by Crippen LogP contribution is -2.55. The molecule has 1 saturated carbocycles. The molecule has 0 radical (unpaired) electrons. The molecule has 1 aromatic carbocycles. The van der Waals surface area contributed by atoms with Crippen LogP contribution in [0.25, 0.3) is 0 Å². The minimum absolute atomic E-state index is 0.00256. The van der Waals surface area contributed by atoms with E-state index in [4.69, 9.17) is 4.74 Å². The maximum absolute atomic E-state index is 13.9. The number of hydrogen-bond acceptors (Lipinski definition) is 4. The van der Waals surface area contributed by atoms with Crippen molar-refractivity contribution in [2.75, 3.05) is 19.4 Å². The van der Waals surface area contributed by atoms with Gasteiger partial charge in [-0.1, -0.05) is 18.2 Å². The van der Waals surface area contributed by atoms with E-state index in [0.29, 0.717) is 6.61 Å². The predicted octanol–water partition coefficient (Wildman–Crippen LogP) is 2.54. The average Bonchev–Trinajstić information content (AvgIpc) is 2.61. The summed E-state index contributed by atoms with van der Waals surface area (Å²) in [6.45, 7) is 1.39. The van der Waals surface area contributed by atoms with E-state index in [-0.39, 0.29) is 29.9 Å². The fourth-order valence-electron chi connectivity index (χ4n) is 4.13. The lowest BCUT2D eigenvalue weighted by molar-refractivity contribution is 0.00507. The van der Waals surface area contributed by atoms with E-state index in [1.54, 1.807) is 6.07 Å². The van der Waals surface area contributed by atoms with Crippen molar-refractivity contribution in [1.82, 2.24) is 10.0 Å². The van der Waals surface area contributed by atoms with Gasteiger partial charge in [0.2, 0.25) is 10.0 Å². The highest BCUT2D eigenvalue weighted by Crippen LogP contribution is 2.35. The molecule has 1 saturated heterocycles. The Hall–Kier alpha value is -1.02.